The number of aryl methyl sites for hydroxylation is 2. The van der Waals surface area contributed by atoms with Crippen molar-refractivity contribution in [1.82, 2.24) is 0 Å². The molecule has 0 amide bonds. The third kappa shape index (κ3) is 6.61. The Morgan fingerprint density at radius 1 is 0.938 bits per heavy atom. The Hall–Kier alpha value is -2.28. The summed E-state index contributed by atoms with van der Waals surface area (Å²) < 4.78 is 17.2. The van der Waals surface area contributed by atoms with Crippen LogP contribution in [0.3, 0.4) is 0 Å². The van der Waals surface area contributed by atoms with Gasteiger partial charge in [-0.1, -0.05) is 44.9 Å². The van der Waals surface area contributed by atoms with Gasteiger partial charge in [0.25, 0.3) is 0 Å². The molecule has 0 saturated heterocycles. The van der Waals surface area contributed by atoms with E-state index in [1.54, 1.807) is 12.1 Å². The van der Waals surface area contributed by atoms with E-state index in [-0.39, 0.29) is 35.1 Å². The molecule has 0 bridgehead atoms. The molecule has 2 aromatic carbocycles. The third-order valence-electron chi connectivity index (χ3n) is 4.93. The van der Waals surface area contributed by atoms with Crippen LogP contribution < -0.4 is 49.6 Å². The van der Waals surface area contributed by atoms with Gasteiger partial charge in [-0.25, -0.2) is 0 Å². The number of aromatic carboxylic acids is 1. The maximum atomic E-state index is 12.3. The fourth-order valence-corrected chi connectivity index (χ4v) is 3.47. The van der Waals surface area contributed by atoms with E-state index in [4.69, 9.17) is 13.9 Å². The van der Waals surface area contributed by atoms with E-state index in [9.17, 15) is 14.7 Å². The van der Waals surface area contributed by atoms with Crippen molar-refractivity contribution >= 4 is 16.9 Å². The number of carbonyl (C=O) groups is 1. The summed E-state index contributed by atoms with van der Waals surface area (Å²) in [5, 5.41) is 11.4. The van der Waals surface area contributed by atoms with E-state index in [1.165, 1.54) is 5.56 Å². The van der Waals surface area contributed by atoms with Crippen LogP contribution in [0.5, 0.6) is 11.5 Å². The van der Waals surface area contributed by atoms with Crippen molar-refractivity contribution in [3.8, 4) is 11.5 Å². The van der Waals surface area contributed by atoms with E-state index in [0.717, 1.165) is 43.1 Å². The molecule has 0 unspecified atom stereocenters. The largest absolute Gasteiger partial charge is 1.00 e. The third-order valence-corrected chi connectivity index (χ3v) is 4.93. The molecule has 0 saturated carbocycles. The van der Waals surface area contributed by atoms with Gasteiger partial charge in [-0.2, -0.15) is 0 Å². The minimum Gasteiger partial charge on any atom is -0.542 e. The van der Waals surface area contributed by atoms with Crippen LogP contribution in [0.4, 0.5) is 0 Å². The topological polar surface area (TPSA) is 88.8 Å². The predicted octanol–water partition coefficient (Wildman–Crippen LogP) is 0.913. The Balaban J connectivity index is 0.00000363. The summed E-state index contributed by atoms with van der Waals surface area (Å²) in [5.41, 5.74) is 1.84. The van der Waals surface area contributed by atoms with E-state index in [1.807, 2.05) is 25.1 Å². The van der Waals surface area contributed by atoms with Gasteiger partial charge in [0.1, 0.15) is 23.1 Å². The van der Waals surface area contributed by atoms with Gasteiger partial charge in [-0.3, -0.25) is 4.79 Å². The van der Waals surface area contributed by atoms with Gasteiger partial charge < -0.3 is 23.8 Å². The molecule has 164 valence electrons. The molecule has 7 heteroatoms. The van der Waals surface area contributed by atoms with Crippen LogP contribution in [0.1, 0.15) is 54.8 Å². The standard InChI is InChI=1S/C25H28O6.Na/c1-3-8-17-10-5-6-11-21(17)29-12-7-13-30-22-16-23-19(14-18(22)9-4-2)20(26)15-24(31-23)25(27)28;/h5-6,10-11,14-16H,3-4,7-9,12-13H2,1-2H3,(H,27,28);/q;+1/p-1. The summed E-state index contributed by atoms with van der Waals surface area (Å²) in [6.45, 7) is 5.11. The normalized spacial score (nSPS) is 10.6. The molecule has 0 spiro atoms. The van der Waals surface area contributed by atoms with Crippen molar-refractivity contribution < 1.29 is 53.3 Å². The summed E-state index contributed by atoms with van der Waals surface area (Å²) in [5.74, 6) is -0.539. The van der Waals surface area contributed by atoms with E-state index in [2.05, 4.69) is 13.0 Å². The smallest absolute Gasteiger partial charge is 0.542 e. The average molecular weight is 446 g/mol. The first-order chi connectivity index (χ1) is 15.0. The second-order valence-corrected chi connectivity index (χ2v) is 7.38. The fraction of sp³-hybridized carbons (Fsp3) is 0.360. The number of rotatable bonds is 11. The number of hydrogen-bond donors (Lipinski definition) is 0. The number of para-hydroxylation sites is 1. The van der Waals surface area contributed by atoms with Crippen LogP contribution in [-0.4, -0.2) is 19.2 Å². The van der Waals surface area contributed by atoms with E-state index in [0.29, 0.717) is 30.8 Å². The second-order valence-electron chi connectivity index (χ2n) is 7.38. The maximum Gasteiger partial charge on any atom is 1.00 e. The van der Waals surface area contributed by atoms with Gasteiger partial charge in [-0.15, -0.1) is 0 Å². The quantitative estimate of drug-likeness (QED) is 0.321. The number of ether oxygens (including phenoxy) is 2. The van der Waals surface area contributed by atoms with Gasteiger partial charge in [0.05, 0.1) is 18.6 Å². The second kappa shape index (κ2) is 12.7. The number of carboxylic acid groups (broad SMARTS) is 1. The molecule has 1 aromatic heterocycles. The van der Waals surface area contributed by atoms with E-state index >= 15 is 0 Å². The SMILES string of the molecule is CCCc1ccccc1OCCCOc1cc2oc(C(=O)[O-])cc(=O)c2cc1CCC.[Na+]. The summed E-state index contributed by atoms with van der Waals surface area (Å²) in [7, 11) is 0. The molecule has 0 aliphatic rings. The molecule has 1 heterocycles. The summed E-state index contributed by atoms with van der Waals surface area (Å²) >= 11 is 0. The predicted molar refractivity (Wildman–Crippen MR) is 117 cm³/mol. The number of hydrogen-bond acceptors (Lipinski definition) is 6. The van der Waals surface area contributed by atoms with Crippen molar-refractivity contribution in [1.29, 1.82) is 0 Å². The molecule has 0 radical (unpaired) electrons. The van der Waals surface area contributed by atoms with Gasteiger partial charge in [0.15, 0.2) is 11.2 Å². The minimum atomic E-state index is -1.53. The molecular weight excluding hydrogens is 419 g/mol. The zero-order chi connectivity index (χ0) is 22.2. The van der Waals surface area contributed by atoms with Crippen LogP contribution in [0, 0.1) is 0 Å². The molecule has 0 fully saturated rings. The van der Waals surface area contributed by atoms with Gasteiger partial charge in [0, 0.05) is 18.6 Å². The van der Waals surface area contributed by atoms with Crippen LogP contribution in [0.15, 0.2) is 51.7 Å². The van der Waals surface area contributed by atoms with Crippen molar-refractivity contribution in [2.75, 3.05) is 13.2 Å². The van der Waals surface area contributed by atoms with Crippen molar-refractivity contribution in [3.05, 3.63) is 69.6 Å². The Morgan fingerprint density at radius 2 is 1.59 bits per heavy atom. The summed E-state index contributed by atoms with van der Waals surface area (Å²) in [6, 6.07) is 12.3. The number of carbonyl (C=O) groups excluding carboxylic acids is 1. The van der Waals surface area contributed by atoms with Gasteiger partial charge >= 0.3 is 29.6 Å². The monoisotopic (exact) mass is 446 g/mol. The molecule has 0 atom stereocenters. The Morgan fingerprint density at radius 3 is 2.28 bits per heavy atom. The zero-order valence-corrected chi connectivity index (χ0v) is 20.9. The molecular formula is C25H27NaO6. The molecule has 3 rings (SSSR count). The zero-order valence-electron chi connectivity index (χ0n) is 18.9. The van der Waals surface area contributed by atoms with Gasteiger partial charge in [0.2, 0.25) is 0 Å². The van der Waals surface area contributed by atoms with Crippen LogP contribution >= 0.6 is 0 Å². The number of carboxylic acids is 1. The molecule has 0 aliphatic carbocycles. The van der Waals surface area contributed by atoms with Crippen molar-refractivity contribution in [3.63, 3.8) is 0 Å². The Kier molecular flexibility index (Phi) is 10.3. The summed E-state index contributed by atoms with van der Waals surface area (Å²) in [6.07, 6.45) is 4.31. The molecule has 0 aliphatic heterocycles. The first-order valence-corrected chi connectivity index (χ1v) is 10.7. The van der Waals surface area contributed by atoms with Crippen LogP contribution in [-0.2, 0) is 12.8 Å². The van der Waals surface area contributed by atoms with E-state index < -0.39 is 17.2 Å². The minimum absolute atomic E-state index is 0. The first kappa shape index (κ1) is 26.0. The molecule has 32 heavy (non-hydrogen) atoms. The molecule has 3 aromatic rings. The molecule has 6 nitrogen and oxygen atoms in total. The fourth-order valence-electron chi connectivity index (χ4n) is 3.47. The van der Waals surface area contributed by atoms with Gasteiger partial charge in [-0.05, 0) is 36.1 Å². The Bertz CT molecular complexity index is 1110. The van der Waals surface area contributed by atoms with Crippen LogP contribution in [0.25, 0.3) is 11.0 Å². The number of benzene rings is 2. The first-order valence-electron chi connectivity index (χ1n) is 10.7. The van der Waals surface area contributed by atoms with Crippen molar-refractivity contribution in [2.45, 2.75) is 46.0 Å². The van der Waals surface area contributed by atoms with Crippen molar-refractivity contribution in [2.24, 2.45) is 0 Å². The average Bonchev–Trinajstić information content (AvgIpc) is 2.75. The molecule has 0 N–H and O–H groups in total. The number of fused-ring (bicyclic) bond motifs is 1. The maximum absolute atomic E-state index is 12.3. The summed E-state index contributed by atoms with van der Waals surface area (Å²) in [4.78, 5) is 23.4. The Labute approximate surface area is 209 Å². The van der Waals surface area contributed by atoms with Crippen LogP contribution in [0.2, 0.25) is 0 Å².